The zero-order chi connectivity index (χ0) is 33.4. The number of rotatable bonds is 6. The standard InChI is InChI=1S/C49H37N/c1-34-15-8-10-22-41(34)49-44-25-13-12-24-43(44)48(38-19-6-3-7-20-38)45-32-31-40(33-46(45)49)50(47-26-14-21-37-18-9-11-23-42(37)47)39-29-27-36(28-30-39)35-16-4-2-5-17-35/h2-34,41H,1H3. The van der Waals surface area contributed by atoms with E-state index in [1.54, 1.807) is 0 Å². The zero-order valence-electron chi connectivity index (χ0n) is 28.1. The number of hydrogen-bond donors (Lipinski definition) is 0. The van der Waals surface area contributed by atoms with Crippen LogP contribution in [-0.2, 0) is 0 Å². The largest absolute Gasteiger partial charge is 0.310 e. The van der Waals surface area contributed by atoms with Crippen LogP contribution in [-0.4, -0.2) is 0 Å². The molecular formula is C49H37N. The highest BCUT2D eigenvalue weighted by Crippen LogP contribution is 2.48. The van der Waals surface area contributed by atoms with Crippen molar-refractivity contribution in [1.82, 2.24) is 0 Å². The van der Waals surface area contributed by atoms with E-state index in [1.165, 1.54) is 60.1 Å². The highest BCUT2D eigenvalue weighted by atomic mass is 15.1. The molecule has 0 fully saturated rings. The molecule has 0 aromatic heterocycles. The van der Waals surface area contributed by atoms with Gasteiger partial charge in [0.2, 0.25) is 0 Å². The molecule has 0 spiro atoms. The van der Waals surface area contributed by atoms with E-state index in [-0.39, 0.29) is 5.92 Å². The van der Waals surface area contributed by atoms with Crippen molar-refractivity contribution in [2.75, 3.05) is 4.90 Å². The Labute approximate surface area is 294 Å². The average molecular weight is 640 g/mol. The second-order valence-corrected chi connectivity index (χ2v) is 13.3. The summed E-state index contributed by atoms with van der Waals surface area (Å²) in [5.74, 6) is 0.626. The van der Waals surface area contributed by atoms with Crippen LogP contribution in [0.5, 0.6) is 0 Å². The molecule has 0 radical (unpaired) electrons. The fourth-order valence-electron chi connectivity index (χ4n) is 7.95. The van der Waals surface area contributed by atoms with Crippen LogP contribution < -0.4 is 4.90 Å². The first kappa shape index (κ1) is 29.9. The second-order valence-electron chi connectivity index (χ2n) is 13.3. The van der Waals surface area contributed by atoms with Crippen LogP contribution in [0.3, 0.4) is 0 Å². The summed E-state index contributed by atoms with van der Waals surface area (Å²) in [5.41, 5.74) is 9.77. The maximum atomic E-state index is 2.45. The van der Waals surface area contributed by atoms with E-state index in [1.807, 2.05) is 0 Å². The van der Waals surface area contributed by atoms with Gasteiger partial charge in [-0.15, -0.1) is 0 Å². The summed E-state index contributed by atoms with van der Waals surface area (Å²) in [6.07, 6.45) is 9.15. The first-order chi connectivity index (χ1) is 24.7. The van der Waals surface area contributed by atoms with Crippen molar-refractivity contribution >= 4 is 49.4 Å². The first-order valence-corrected chi connectivity index (χ1v) is 17.6. The molecule has 0 saturated carbocycles. The predicted molar refractivity (Wildman–Crippen MR) is 215 cm³/mol. The molecule has 8 aromatic carbocycles. The van der Waals surface area contributed by atoms with E-state index in [2.05, 4.69) is 206 Å². The van der Waals surface area contributed by atoms with Gasteiger partial charge in [-0.25, -0.2) is 0 Å². The van der Waals surface area contributed by atoms with Crippen molar-refractivity contribution in [2.24, 2.45) is 5.92 Å². The van der Waals surface area contributed by atoms with Crippen LogP contribution in [0.1, 0.15) is 18.4 Å². The summed E-state index contributed by atoms with van der Waals surface area (Å²) in [5, 5.41) is 7.63. The van der Waals surface area contributed by atoms with E-state index in [9.17, 15) is 0 Å². The van der Waals surface area contributed by atoms with Gasteiger partial charge in [0.1, 0.15) is 0 Å². The average Bonchev–Trinajstić information content (AvgIpc) is 3.18. The van der Waals surface area contributed by atoms with Crippen molar-refractivity contribution in [3.8, 4) is 22.3 Å². The van der Waals surface area contributed by atoms with E-state index in [0.29, 0.717) is 5.92 Å². The molecule has 1 aliphatic rings. The van der Waals surface area contributed by atoms with Crippen molar-refractivity contribution in [1.29, 1.82) is 0 Å². The van der Waals surface area contributed by atoms with E-state index >= 15 is 0 Å². The van der Waals surface area contributed by atoms with E-state index in [4.69, 9.17) is 0 Å². The lowest BCUT2D eigenvalue weighted by Crippen LogP contribution is -2.12. The van der Waals surface area contributed by atoms with Gasteiger partial charge in [0.25, 0.3) is 0 Å². The lowest BCUT2D eigenvalue weighted by molar-refractivity contribution is 0.643. The van der Waals surface area contributed by atoms with Gasteiger partial charge in [0.05, 0.1) is 5.69 Å². The lowest BCUT2D eigenvalue weighted by atomic mass is 9.77. The van der Waals surface area contributed by atoms with E-state index in [0.717, 1.165) is 17.1 Å². The predicted octanol–water partition coefficient (Wildman–Crippen LogP) is 13.8. The zero-order valence-corrected chi connectivity index (χ0v) is 28.1. The Morgan fingerprint density at radius 1 is 0.420 bits per heavy atom. The van der Waals surface area contributed by atoms with Crippen LogP contribution >= 0.6 is 0 Å². The molecule has 0 amide bonds. The number of anilines is 3. The van der Waals surface area contributed by atoms with Crippen molar-refractivity contribution in [2.45, 2.75) is 12.8 Å². The topological polar surface area (TPSA) is 3.24 Å². The Balaban J connectivity index is 1.34. The molecule has 0 bridgehead atoms. The van der Waals surface area contributed by atoms with Gasteiger partial charge in [-0.05, 0) is 91.0 Å². The number of hydrogen-bond acceptors (Lipinski definition) is 1. The Hall–Kier alpha value is -6.18. The molecule has 0 saturated heterocycles. The molecular weight excluding hydrogens is 603 g/mol. The lowest BCUT2D eigenvalue weighted by Gasteiger charge is -2.30. The number of benzene rings is 8. The summed E-state index contributed by atoms with van der Waals surface area (Å²) in [6.45, 7) is 2.34. The van der Waals surface area contributed by atoms with Crippen LogP contribution in [0.4, 0.5) is 17.1 Å². The van der Waals surface area contributed by atoms with Crippen molar-refractivity contribution in [3.05, 3.63) is 200 Å². The molecule has 8 aromatic rings. The third-order valence-electron chi connectivity index (χ3n) is 10.4. The van der Waals surface area contributed by atoms with Crippen LogP contribution in [0.2, 0.25) is 0 Å². The minimum Gasteiger partial charge on any atom is -0.310 e. The van der Waals surface area contributed by atoms with Gasteiger partial charge in [-0.2, -0.15) is 0 Å². The molecule has 0 aliphatic heterocycles. The van der Waals surface area contributed by atoms with Crippen molar-refractivity contribution < 1.29 is 0 Å². The number of allylic oxidation sites excluding steroid dienone is 4. The molecule has 2 atom stereocenters. The van der Waals surface area contributed by atoms with Gasteiger partial charge < -0.3 is 4.90 Å². The highest BCUT2D eigenvalue weighted by molar-refractivity contribution is 6.16. The molecule has 2 unspecified atom stereocenters. The SMILES string of the molecule is CC1C=CC=CC1c1c2ccccc2c(-c2ccccc2)c2ccc(N(c3ccc(-c4ccccc4)cc3)c3cccc4ccccc34)cc12. The van der Waals surface area contributed by atoms with Crippen LogP contribution in [0, 0.1) is 5.92 Å². The van der Waals surface area contributed by atoms with Crippen LogP contribution in [0.15, 0.2) is 194 Å². The molecule has 1 aliphatic carbocycles. The summed E-state index contributed by atoms with van der Waals surface area (Å²) in [7, 11) is 0. The van der Waals surface area contributed by atoms with Crippen molar-refractivity contribution in [3.63, 3.8) is 0 Å². The maximum absolute atomic E-state index is 2.45. The van der Waals surface area contributed by atoms with Gasteiger partial charge in [0, 0.05) is 22.7 Å². The quantitative estimate of drug-likeness (QED) is 0.164. The minimum atomic E-state index is 0.253. The van der Waals surface area contributed by atoms with Gasteiger partial charge in [0.15, 0.2) is 0 Å². The second kappa shape index (κ2) is 12.7. The summed E-state index contributed by atoms with van der Waals surface area (Å²) < 4.78 is 0. The van der Waals surface area contributed by atoms with Gasteiger partial charge in [-0.1, -0.05) is 171 Å². The Bertz CT molecular complexity index is 2540. The normalized spacial score (nSPS) is 15.5. The molecule has 1 heteroatoms. The molecule has 0 N–H and O–H groups in total. The third-order valence-corrected chi connectivity index (χ3v) is 10.4. The summed E-state index contributed by atoms with van der Waals surface area (Å²) in [6, 6.07) is 62.0. The summed E-state index contributed by atoms with van der Waals surface area (Å²) >= 11 is 0. The molecule has 9 rings (SSSR count). The van der Waals surface area contributed by atoms with Crippen LogP contribution in [0.25, 0.3) is 54.6 Å². The number of nitrogens with zero attached hydrogens (tertiary/aromatic N) is 1. The minimum absolute atomic E-state index is 0.253. The van der Waals surface area contributed by atoms with Gasteiger partial charge in [-0.3, -0.25) is 0 Å². The maximum Gasteiger partial charge on any atom is 0.0540 e. The Morgan fingerprint density at radius 2 is 1.00 bits per heavy atom. The molecule has 50 heavy (non-hydrogen) atoms. The summed E-state index contributed by atoms with van der Waals surface area (Å²) in [4.78, 5) is 2.44. The first-order valence-electron chi connectivity index (χ1n) is 17.6. The van der Waals surface area contributed by atoms with Gasteiger partial charge >= 0.3 is 0 Å². The monoisotopic (exact) mass is 639 g/mol. The number of fused-ring (bicyclic) bond motifs is 3. The smallest absolute Gasteiger partial charge is 0.0540 e. The van der Waals surface area contributed by atoms with E-state index < -0.39 is 0 Å². The fourth-order valence-corrected chi connectivity index (χ4v) is 7.95. The molecule has 1 nitrogen and oxygen atoms in total. The highest BCUT2D eigenvalue weighted by Gasteiger charge is 2.25. The third kappa shape index (κ3) is 5.19. The Kier molecular flexibility index (Phi) is 7.59. The fraction of sp³-hybridized carbons (Fsp3) is 0.0612. The molecule has 238 valence electrons. The molecule has 0 heterocycles. The Morgan fingerprint density at radius 3 is 1.76 bits per heavy atom.